The number of carbonyl (C=O) groups excluding carboxylic acids is 1. The van der Waals surface area contributed by atoms with Crippen molar-refractivity contribution in [1.82, 2.24) is 0 Å². The first-order chi connectivity index (χ1) is 10.8. The molecule has 0 aromatic carbocycles. The lowest BCUT2D eigenvalue weighted by atomic mass is 9.98. The Hall–Kier alpha value is -1.08. The van der Waals surface area contributed by atoms with Gasteiger partial charge in [0.2, 0.25) is 12.2 Å². The van der Waals surface area contributed by atoms with E-state index >= 15 is 0 Å². The van der Waals surface area contributed by atoms with Crippen molar-refractivity contribution in [3.63, 3.8) is 0 Å². The summed E-state index contributed by atoms with van der Waals surface area (Å²) in [6.07, 6.45) is 2.98. The van der Waals surface area contributed by atoms with Gasteiger partial charge >= 0.3 is 21.2 Å². The third-order valence-corrected chi connectivity index (χ3v) is 7.07. The average molecular weight is 382 g/mol. The topological polar surface area (TPSA) is 134 Å². The Kier molecular flexibility index (Phi) is 6.87. The third-order valence-electron chi connectivity index (χ3n) is 2.96. The number of rotatable bonds is 7. The van der Waals surface area contributed by atoms with Gasteiger partial charge in [0.1, 0.15) is 0 Å². The number of nitrogens with zero attached hydrogens (tertiary/aromatic N) is 1. The van der Waals surface area contributed by atoms with Crippen molar-refractivity contribution in [2.24, 2.45) is 5.41 Å². The number of hydrogen-bond donors (Lipinski definition) is 3. The molecule has 2 unspecified atom stereocenters. The third kappa shape index (κ3) is 6.43. The first-order valence-electron chi connectivity index (χ1n) is 6.97. The molecule has 0 aliphatic carbocycles. The van der Waals surface area contributed by atoms with Crippen LogP contribution in [0.3, 0.4) is 0 Å². The van der Waals surface area contributed by atoms with Crippen LogP contribution < -0.4 is 4.57 Å². The second-order valence-corrected chi connectivity index (χ2v) is 10.4. The Labute approximate surface area is 139 Å². The van der Waals surface area contributed by atoms with Crippen molar-refractivity contribution in [2.45, 2.75) is 32.7 Å². The van der Waals surface area contributed by atoms with Gasteiger partial charge in [0.15, 0.2) is 18.9 Å². The summed E-state index contributed by atoms with van der Waals surface area (Å²) in [5.74, 6) is -0.673. The van der Waals surface area contributed by atoms with Crippen LogP contribution in [0.2, 0.25) is 0 Å². The molecule has 0 aliphatic rings. The molecule has 136 valence electrons. The molecule has 0 amide bonds. The summed E-state index contributed by atoms with van der Waals surface area (Å²) in [6, 6.07) is 4.89. The number of aromatic nitrogens is 1. The molecule has 0 spiro atoms. The van der Waals surface area contributed by atoms with Gasteiger partial charge in [-0.25, -0.2) is 4.57 Å². The Balaban J connectivity index is 2.83. The second kappa shape index (κ2) is 7.87. The molecule has 0 radical (unpaired) electrons. The largest absolute Gasteiger partial charge is 0.438 e. The van der Waals surface area contributed by atoms with Crippen LogP contribution in [-0.4, -0.2) is 32.8 Å². The minimum atomic E-state index is -4.96. The lowest BCUT2D eigenvalue weighted by Crippen LogP contribution is -2.39. The van der Waals surface area contributed by atoms with Crippen molar-refractivity contribution in [3.05, 3.63) is 30.6 Å². The summed E-state index contributed by atoms with van der Waals surface area (Å²) in [7, 11) is -9.72. The van der Waals surface area contributed by atoms with Crippen LogP contribution in [0.4, 0.5) is 0 Å². The molecule has 0 saturated heterocycles. The molecule has 0 fully saturated rings. The van der Waals surface area contributed by atoms with E-state index in [9.17, 15) is 28.6 Å². The van der Waals surface area contributed by atoms with Crippen molar-refractivity contribution < 1.29 is 42.4 Å². The van der Waals surface area contributed by atoms with Crippen LogP contribution in [0.25, 0.3) is 0 Å². The molecular formula is C13H22NO8P2+. The molecule has 1 aromatic rings. The molecule has 1 aromatic heterocycles. The zero-order chi connectivity index (χ0) is 18.6. The van der Waals surface area contributed by atoms with Crippen LogP contribution in [0.15, 0.2) is 30.6 Å². The average Bonchev–Trinajstić information content (AvgIpc) is 2.43. The van der Waals surface area contributed by atoms with E-state index in [4.69, 9.17) is 4.74 Å². The SMILES string of the molecule is CC(C)(C)C(=O)OCOP(=O)(O)C(C[n+]1ccccc1)P(=O)(O)O. The fraction of sp³-hybridized carbons (Fsp3) is 0.538. The summed E-state index contributed by atoms with van der Waals surface area (Å²) in [6.45, 7) is 3.43. The molecule has 3 N–H and O–H groups in total. The Morgan fingerprint density at radius 1 is 1.12 bits per heavy atom. The highest BCUT2D eigenvalue weighted by atomic mass is 31.2. The van der Waals surface area contributed by atoms with Gasteiger partial charge in [0.25, 0.3) is 0 Å². The maximum absolute atomic E-state index is 12.2. The number of ether oxygens (including phenoxy) is 1. The second-order valence-electron chi connectivity index (χ2n) is 6.13. The molecule has 9 nitrogen and oxygen atoms in total. The zero-order valence-electron chi connectivity index (χ0n) is 13.6. The number of carbonyl (C=O) groups is 1. The smallest absolute Gasteiger partial charge is 0.352 e. The fourth-order valence-corrected chi connectivity index (χ4v) is 4.49. The Bertz CT molecular complexity index is 652. The first-order valence-corrected chi connectivity index (χ1v) is 10.3. The van der Waals surface area contributed by atoms with Gasteiger partial charge in [0, 0.05) is 12.1 Å². The summed E-state index contributed by atoms with van der Waals surface area (Å²) in [5, 5.41) is -1.98. The number of pyridine rings is 1. The van der Waals surface area contributed by atoms with Crippen LogP contribution in [0.5, 0.6) is 0 Å². The lowest BCUT2D eigenvalue weighted by molar-refractivity contribution is -0.694. The fourth-order valence-electron chi connectivity index (χ4n) is 1.60. The molecule has 1 rings (SSSR count). The Morgan fingerprint density at radius 2 is 1.67 bits per heavy atom. The van der Waals surface area contributed by atoms with E-state index in [0.29, 0.717) is 0 Å². The predicted molar refractivity (Wildman–Crippen MR) is 83.8 cm³/mol. The summed E-state index contributed by atoms with van der Waals surface area (Å²) < 4.78 is 34.5. The molecule has 0 saturated carbocycles. The highest BCUT2D eigenvalue weighted by molar-refractivity contribution is 7.71. The van der Waals surface area contributed by atoms with Gasteiger partial charge in [-0.15, -0.1) is 0 Å². The maximum Gasteiger partial charge on any atom is 0.352 e. The summed E-state index contributed by atoms with van der Waals surface area (Å²) >= 11 is 0. The minimum Gasteiger partial charge on any atom is -0.438 e. The molecule has 0 bridgehead atoms. The zero-order valence-corrected chi connectivity index (χ0v) is 15.4. The van der Waals surface area contributed by atoms with Crippen molar-refractivity contribution in [2.75, 3.05) is 6.79 Å². The van der Waals surface area contributed by atoms with E-state index in [0.717, 1.165) is 0 Å². The van der Waals surface area contributed by atoms with Crippen LogP contribution >= 0.6 is 15.2 Å². The summed E-state index contributed by atoms with van der Waals surface area (Å²) in [4.78, 5) is 40.3. The molecule has 2 atom stereocenters. The predicted octanol–water partition coefficient (Wildman–Crippen LogP) is 1.23. The monoisotopic (exact) mass is 382 g/mol. The van der Waals surface area contributed by atoms with Crippen LogP contribution in [-0.2, 0) is 29.7 Å². The first kappa shape index (κ1) is 21.0. The lowest BCUT2D eigenvalue weighted by Gasteiger charge is -2.22. The van der Waals surface area contributed by atoms with E-state index in [1.807, 2.05) is 0 Å². The number of hydrogen-bond acceptors (Lipinski definition) is 5. The molecule has 1 heterocycles. The van der Waals surface area contributed by atoms with Gasteiger partial charge in [-0.1, -0.05) is 6.07 Å². The Morgan fingerprint density at radius 3 is 2.12 bits per heavy atom. The van der Waals surface area contributed by atoms with Gasteiger partial charge in [-0.2, -0.15) is 0 Å². The van der Waals surface area contributed by atoms with Gasteiger partial charge in [-0.3, -0.25) is 18.4 Å². The maximum atomic E-state index is 12.2. The van der Waals surface area contributed by atoms with Crippen molar-refractivity contribution in [3.8, 4) is 0 Å². The van der Waals surface area contributed by atoms with E-state index in [2.05, 4.69) is 4.52 Å². The minimum absolute atomic E-state index is 0.438. The summed E-state index contributed by atoms with van der Waals surface area (Å²) in [5.41, 5.74) is -0.842. The van der Waals surface area contributed by atoms with Crippen LogP contribution in [0, 0.1) is 5.41 Å². The van der Waals surface area contributed by atoms with E-state index in [1.165, 1.54) is 17.0 Å². The van der Waals surface area contributed by atoms with Gasteiger partial charge in [0.05, 0.1) is 5.41 Å². The quantitative estimate of drug-likeness (QED) is 0.277. The van der Waals surface area contributed by atoms with Gasteiger partial charge in [-0.05, 0) is 20.8 Å². The molecule has 24 heavy (non-hydrogen) atoms. The van der Waals surface area contributed by atoms with Gasteiger partial charge < -0.3 is 19.4 Å². The molecule has 11 heteroatoms. The normalized spacial score (nSPS) is 16.2. The number of esters is 1. The standard InChI is InChI=1S/C13H21NO8P2/c1-13(2,3)12(15)21-10-22-24(19,20)11(23(16,17)18)9-14-7-5-4-6-8-14/h4-8,11H,9-10H2,1-3H3,(H2-,16,17,18,19,20)/p+1. The van der Waals surface area contributed by atoms with Crippen LogP contribution in [0.1, 0.15) is 20.8 Å². The highest BCUT2D eigenvalue weighted by Crippen LogP contribution is 2.62. The molecule has 0 aliphatic heterocycles. The van der Waals surface area contributed by atoms with E-state index in [1.54, 1.807) is 39.0 Å². The highest BCUT2D eigenvalue weighted by Gasteiger charge is 2.48. The molecular weight excluding hydrogens is 360 g/mol. The van der Waals surface area contributed by atoms with E-state index < -0.39 is 45.3 Å². The van der Waals surface area contributed by atoms with Crippen molar-refractivity contribution >= 4 is 21.2 Å². The van der Waals surface area contributed by atoms with Crippen molar-refractivity contribution in [1.29, 1.82) is 0 Å². The van der Waals surface area contributed by atoms with E-state index in [-0.39, 0.29) is 0 Å².